The Morgan fingerprint density at radius 1 is 1.21 bits per heavy atom. The van der Waals surface area contributed by atoms with Gasteiger partial charge in [-0.2, -0.15) is 5.10 Å². The van der Waals surface area contributed by atoms with Gasteiger partial charge in [-0.15, -0.1) is 0 Å². The van der Waals surface area contributed by atoms with Crippen LogP contribution in [0.15, 0.2) is 30.7 Å². The van der Waals surface area contributed by atoms with Crippen molar-refractivity contribution in [2.75, 3.05) is 0 Å². The van der Waals surface area contributed by atoms with Gasteiger partial charge < -0.3 is 4.40 Å². The zero-order chi connectivity index (χ0) is 16.4. The minimum atomic E-state index is 0.354. The van der Waals surface area contributed by atoms with Crippen LogP contribution in [0.2, 0.25) is 0 Å². The van der Waals surface area contributed by atoms with E-state index in [0.29, 0.717) is 11.8 Å². The Bertz CT molecular complexity index is 1060. The van der Waals surface area contributed by atoms with Crippen molar-refractivity contribution in [1.82, 2.24) is 29.0 Å². The van der Waals surface area contributed by atoms with E-state index in [1.807, 2.05) is 24.6 Å². The maximum atomic E-state index is 4.78. The lowest BCUT2D eigenvalue weighted by Crippen LogP contribution is -1.97. The van der Waals surface area contributed by atoms with Crippen molar-refractivity contribution < 1.29 is 0 Å². The van der Waals surface area contributed by atoms with E-state index in [4.69, 9.17) is 15.1 Å². The maximum Gasteiger partial charge on any atom is 0.177 e. The molecular weight excluding hydrogens is 415 g/mol. The third-order valence-corrected chi connectivity index (χ3v) is 5.34. The third kappa shape index (κ3) is 2.14. The Labute approximate surface area is 152 Å². The molecule has 24 heavy (non-hydrogen) atoms. The SMILES string of the molecule is Cc1ncc(C)n2nc(C3CC3c3cn4ccc(I)cc4n3)nc12. The maximum absolute atomic E-state index is 4.78. The van der Waals surface area contributed by atoms with Crippen LogP contribution in [-0.4, -0.2) is 29.0 Å². The van der Waals surface area contributed by atoms with Gasteiger partial charge in [-0.3, -0.25) is 4.98 Å². The molecule has 1 aliphatic rings. The van der Waals surface area contributed by atoms with Gasteiger partial charge in [0.05, 0.1) is 17.1 Å². The van der Waals surface area contributed by atoms with Gasteiger partial charge in [-0.05, 0) is 55.0 Å². The highest BCUT2D eigenvalue weighted by atomic mass is 127. The highest BCUT2D eigenvalue weighted by Gasteiger charge is 2.44. The lowest BCUT2D eigenvalue weighted by Gasteiger charge is -1.97. The van der Waals surface area contributed by atoms with Gasteiger partial charge in [0.2, 0.25) is 0 Å². The summed E-state index contributed by atoms with van der Waals surface area (Å²) in [4.78, 5) is 13.9. The molecule has 0 bridgehead atoms. The number of hydrogen-bond acceptors (Lipinski definition) is 4. The predicted molar refractivity (Wildman–Crippen MR) is 98.3 cm³/mol. The Morgan fingerprint density at radius 2 is 2.08 bits per heavy atom. The molecule has 2 atom stereocenters. The largest absolute Gasteiger partial charge is 0.307 e. The Morgan fingerprint density at radius 3 is 2.92 bits per heavy atom. The second-order valence-electron chi connectivity index (χ2n) is 6.42. The smallest absolute Gasteiger partial charge is 0.177 e. The lowest BCUT2D eigenvalue weighted by atomic mass is 10.2. The van der Waals surface area contributed by atoms with E-state index < -0.39 is 0 Å². The van der Waals surface area contributed by atoms with Crippen LogP contribution in [0.3, 0.4) is 0 Å². The lowest BCUT2D eigenvalue weighted by molar-refractivity contribution is 0.829. The number of fused-ring (bicyclic) bond motifs is 2. The molecule has 0 spiro atoms. The molecule has 0 aliphatic heterocycles. The van der Waals surface area contributed by atoms with Crippen molar-refractivity contribution in [2.24, 2.45) is 0 Å². The van der Waals surface area contributed by atoms with Crippen molar-refractivity contribution in [3.63, 3.8) is 0 Å². The van der Waals surface area contributed by atoms with Crippen LogP contribution >= 0.6 is 22.6 Å². The molecule has 1 saturated carbocycles. The van der Waals surface area contributed by atoms with Crippen LogP contribution < -0.4 is 0 Å². The molecular formula is C17H15IN6. The monoisotopic (exact) mass is 430 g/mol. The molecule has 2 unspecified atom stereocenters. The van der Waals surface area contributed by atoms with Crippen molar-refractivity contribution in [3.8, 4) is 0 Å². The summed E-state index contributed by atoms with van der Waals surface area (Å²) in [7, 11) is 0. The second kappa shape index (κ2) is 4.98. The van der Waals surface area contributed by atoms with Crippen molar-refractivity contribution in [1.29, 1.82) is 0 Å². The van der Waals surface area contributed by atoms with E-state index in [2.05, 4.69) is 56.5 Å². The standard InChI is InChI=1S/C17H15IN6/c1-9-7-19-10(2)17-21-16(22-24(9)17)13-6-12(13)14-8-23-4-3-11(18)5-15(23)20-14/h3-5,7-8,12-13H,6H2,1-2H3. The topological polar surface area (TPSA) is 60.4 Å². The summed E-state index contributed by atoms with van der Waals surface area (Å²) in [5.41, 5.74) is 4.92. The van der Waals surface area contributed by atoms with Crippen molar-refractivity contribution >= 4 is 33.9 Å². The molecule has 7 heteroatoms. The number of rotatable bonds is 2. The molecule has 6 nitrogen and oxygen atoms in total. The third-order valence-electron chi connectivity index (χ3n) is 4.67. The van der Waals surface area contributed by atoms with Gasteiger partial charge in [0.25, 0.3) is 0 Å². The molecule has 120 valence electrons. The minimum Gasteiger partial charge on any atom is -0.307 e. The molecule has 4 aromatic heterocycles. The summed E-state index contributed by atoms with van der Waals surface area (Å²) < 4.78 is 5.19. The van der Waals surface area contributed by atoms with Gasteiger partial charge >= 0.3 is 0 Å². The van der Waals surface area contributed by atoms with Crippen molar-refractivity contribution in [2.45, 2.75) is 32.1 Å². The first kappa shape index (κ1) is 14.3. The van der Waals surface area contributed by atoms with Crippen LogP contribution in [0, 0.1) is 17.4 Å². The Hall–Kier alpha value is -2.03. The normalized spacial score (nSPS) is 20.1. The Kier molecular flexibility index (Phi) is 2.97. The molecule has 0 radical (unpaired) electrons. The van der Waals surface area contributed by atoms with Gasteiger partial charge in [0.15, 0.2) is 11.5 Å². The van der Waals surface area contributed by atoms with E-state index in [0.717, 1.165) is 40.6 Å². The van der Waals surface area contributed by atoms with Gasteiger partial charge in [0, 0.05) is 34.0 Å². The first-order chi connectivity index (χ1) is 11.6. The van der Waals surface area contributed by atoms with Gasteiger partial charge in [-0.1, -0.05) is 0 Å². The molecule has 0 saturated heterocycles. The van der Waals surface area contributed by atoms with E-state index >= 15 is 0 Å². The van der Waals surface area contributed by atoms with Crippen LogP contribution in [0.1, 0.15) is 41.2 Å². The second-order valence-corrected chi connectivity index (χ2v) is 7.66. The van der Waals surface area contributed by atoms with Crippen LogP contribution in [0.5, 0.6) is 0 Å². The van der Waals surface area contributed by atoms with Crippen LogP contribution in [-0.2, 0) is 0 Å². The summed E-state index contributed by atoms with van der Waals surface area (Å²) in [5.74, 6) is 1.67. The van der Waals surface area contributed by atoms with Crippen molar-refractivity contribution in [3.05, 3.63) is 57.2 Å². The number of imidazole rings is 1. The Balaban J connectivity index is 1.51. The summed E-state index contributed by atoms with van der Waals surface area (Å²) in [6.45, 7) is 3.98. The van der Waals surface area contributed by atoms with E-state index in [-0.39, 0.29) is 0 Å². The first-order valence-electron chi connectivity index (χ1n) is 7.93. The van der Waals surface area contributed by atoms with E-state index in [1.54, 1.807) is 0 Å². The molecule has 0 N–H and O–H groups in total. The number of nitrogens with zero attached hydrogens (tertiary/aromatic N) is 6. The summed E-state index contributed by atoms with van der Waals surface area (Å²) in [6.07, 6.45) is 7.09. The number of halogens is 1. The fourth-order valence-electron chi connectivity index (χ4n) is 3.23. The number of aryl methyl sites for hydroxylation is 2. The molecule has 4 heterocycles. The van der Waals surface area contributed by atoms with Crippen LogP contribution in [0.4, 0.5) is 0 Å². The highest BCUT2D eigenvalue weighted by Crippen LogP contribution is 2.53. The highest BCUT2D eigenvalue weighted by molar-refractivity contribution is 14.1. The van der Waals surface area contributed by atoms with E-state index in [9.17, 15) is 0 Å². The van der Waals surface area contributed by atoms with Gasteiger partial charge in [-0.25, -0.2) is 14.5 Å². The van der Waals surface area contributed by atoms with Gasteiger partial charge in [0.1, 0.15) is 5.65 Å². The molecule has 1 aliphatic carbocycles. The fraction of sp³-hybridized carbons (Fsp3) is 0.294. The minimum absolute atomic E-state index is 0.354. The summed E-state index contributed by atoms with van der Waals surface area (Å²) in [5, 5.41) is 4.71. The molecule has 0 aromatic carbocycles. The van der Waals surface area contributed by atoms with Crippen LogP contribution in [0.25, 0.3) is 11.3 Å². The number of aromatic nitrogens is 6. The molecule has 0 amide bonds. The zero-order valence-corrected chi connectivity index (χ0v) is 15.5. The fourth-order valence-corrected chi connectivity index (χ4v) is 3.67. The zero-order valence-electron chi connectivity index (χ0n) is 13.3. The average Bonchev–Trinajstić information content (AvgIpc) is 3.04. The quantitative estimate of drug-likeness (QED) is 0.458. The number of pyridine rings is 1. The summed E-state index contributed by atoms with van der Waals surface area (Å²) in [6, 6.07) is 4.19. The molecule has 5 rings (SSSR count). The average molecular weight is 430 g/mol. The summed E-state index contributed by atoms with van der Waals surface area (Å²) >= 11 is 2.32. The van der Waals surface area contributed by atoms with E-state index in [1.165, 1.54) is 3.57 Å². The predicted octanol–water partition coefficient (Wildman–Crippen LogP) is 3.26. The molecule has 4 aromatic rings. The molecule has 1 fully saturated rings. The number of hydrogen-bond donors (Lipinski definition) is 0. The first-order valence-corrected chi connectivity index (χ1v) is 9.01.